The lowest BCUT2D eigenvalue weighted by molar-refractivity contribution is 0.179. The van der Waals surface area contributed by atoms with E-state index in [1.165, 1.54) is 12.8 Å². The number of hydrogen-bond acceptors (Lipinski definition) is 4. The van der Waals surface area contributed by atoms with Crippen LogP contribution in [0.15, 0.2) is 65.2 Å². The summed E-state index contributed by atoms with van der Waals surface area (Å²) in [6.45, 7) is 3.81. The SMILES string of the molecule is Clc1ccccc1-c1ccc(CNC2CCCN(Cc3ccccn3)C2)o1. The molecule has 1 atom stereocenters. The summed E-state index contributed by atoms with van der Waals surface area (Å²) < 4.78 is 5.99. The molecule has 1 aliphatic heterocycles. The lowest BCUT2D eigenvalue weighted by Gasteiger charge is -2.32. The van der Waals surface area contributed by atoms with E-state index < -0.39 is 0 Å². The maximum Gasteiger partial charge on any atom is 0.135 e. The van der Waals surface area contributed by atoms with E-state index >= 15 is 0 Å². The summed E-state index contributed by atoms with van der Waals surface area (Å²) >= 11 is 6.26. The molecule has 0 amide bonds. The zero-order chi connectivity index (χ0) is 18.5. The second-order valence-corrected chi connectivity index (χ2v) is 7.43. The van der Waals surface area contributed by atoms with Gasteiger partial charge in [-0.25, -0.2) is 0 Å². The Bertz CT molecular complexity index is 865. The van der Waals surface area contributed by atoms with Gasteiger partial charge in [-0.2, -0.15) is 0 Å². The van der Waals surface area contributed by atoms with Gasteiger partial charge in [0.2, 0.25) is 0 Å². The van der Waals surface area contributed by atoms with Crippen LogP contribution in [0.2, 0.25) is 5.02 Å². The first-order valence-electron chi connectivity index (χ1n) is 9.47. The van der Waals surface area contributed by atoms with Gasteiger partial charge in [0, 0.05) is 30.9 Å². The molecule has 0 spiro atoms. The lowest BCUT2D eigenvalue weighted by atomic mass is 10.1. The van der Waals surface area contributed by atoms with Crippen molar-refractivity contribution < 1.29 is 4.42 Å². The average Bonchev–Trinajstić information content (AvgIpc) is 3.17. The van der Waals surface area contributed by atoms with E-state index in [1.807, 2.05) is 48.7 Å². The van der Waals surface area contributed by atoms with Crippen molar-refractivity contribution in [2.24, 2.45) is 0 Å². The first-order valence-corrected chi connectivity index (χ1v) is 9.85. The van der Waals surface area contributed by atoms with E-state index in [0.717, 1.165) is 49.0 Å². The van der Waals surface area contributed by atoms with Crippen molar-refractivity contribution in [2.75, 3.05) is 13.1 Å². The molecule has 5 heteroatoms. The fourth-order valence-electron chi connectivity index (χ4n) is 3.61. The molecule has 4 nitrogen and oxygen atoms in total. The normalized spacial score (nSPS) is 17.9. The minimum Gasteiger partial charge on any atom is -0.460 e. The summed E-state index contributed by atoms with van der Waals surface area (Å²) in [5, 5.41) is 4.36. The number of piperidine rings is 1. The van der Waals surface area contributed by atoms with Crippen LogP contribution in [0.1, 0.15) is 24.3 Å². The predicted molar refractivity (Wildman–Crippen MR) is 109 cm³/mol. The number of nitrogens with zero attached hydrogens (tertiary/aromatic N) is 2. The standard InChI is InChI=1S/C22H24ClN3O/c23-21-9-2-1-8-20(21)22-11-10-19(27-22)14-25-18-7-5-13-26(16-18)15-17-6-3-4-12-24-17/h1-4,6,8-12,18,25H,5,7,13-16H2. The van der Waals surface area contributed by atoms with Gasteiger partial charge < -0.3 is 9.73 Å². The Kier molecular flexibility index (Phi) is 5.87. The number of aromatic nitrogens is 1. The van der Waals surface area contributed by atoms with Crippen molar-refractivity contribution in [1.82, 2.24) is 15.2 Å². The molecule has 0 radical (unpaired) electrons. The second-order valence-electron chi connectivity index (χ2n) is 7.02. The summed E-state index contributed by atoms with van der Waals surface area (Å²) in [5.41, 5.74) is 2.07. The van der Waals surface area contributed by atoms with Gasteiger partial charge in [0.1, 0.15) is 11.5 Å². The number of furan rings is 1. The highest BCUT2D eigenvalue weighted by Gasteiger charge is 2.20. The first kappa shape index (κ1) is 18.2. The molecule has 0 saturated carbocycles. The van der Waals surface area contributed by atoms with Crippen molar-refractivity contribution in [1.29, 1.82) is 0 Å². The minimum absolute atomic E-state index is 0.469. The Hall–Kier alpha value is -2.14. The van der Waals surface area contributed by atoms with Crippen LogP contribution in [0.3, 0.4) is 0 Å². The molecule has 1 unspecified atom stereocenters. The summed E-state index contributed by atoms with van der Waals surface area (Å²) in [4.78, 5) is 6.92. The smallest absolute Gasteiger partial charge is 0.135 e. The molecule has 1 N–H and O–H groups in total. The highest BCUT2D eigenvalue weighted by molar-refractivity contribution is 6.33. The summed E-state index contributed by atoms with van der Waals surface area (Å²) in [6, 6.07) is 18.4. The maximum absolute atomic E-state index is 6.26. The van der Waals surface area contributed by atoms with Gasteiger partial charge in [-0.1, -0.05) is 29.8 Å². The summed E-state index contributed by atoms with van der Waals surface area (Å²) in [7, 11) is 0. The predicted octanol–water partition coefficient (Wildman–Crippen LogP) is 4.75. The van der Waals surface area contributed by atoms with Crippen LogP contribution in [0.4, 0.5) is 0 Å². The molecular formula is C22H24ClN3O. The van der Waals surface area contributed by atoms with E-state index in [2.05, 4.69) is 27.3 Å². The summed E-state index contributed by atoms with van der Waals surface area (Å²) in [6.07, 6.45) is 4.26. The topological polar surface area (TPSA) is 41.3 Å². The number of halogens is 1. The van der Waals surface area contributed by atoms with Crippen LogP contribution in [0.25, 0.3) is 11.3 Å². The Labute approximate surface area is 165 Å². The summed E-state index contributed by atoms with van der Waals surface area (Å²) in [5.74, 6) is 1.75. The van der Waals surface area contributed by atoms with Crippen molar-refractivity contribution in [3.63, 3.8) is 0 Å². The highest BCUT2D eigenvalue weighted by Crippen LogP contribution is 2.29. The molecule has 0 bridgehead atoms. The van der Waals surface area contributed by atoms with Crippen LogP contribution in [-0.4, -0.2) is 29.0 Å². The van der Waals surface area contributed by atoms with Crippen LogP contribution in [-0.2, 0) is 13.1 Å². The molecule has 1 saturated heterocycles. The highest BCUT2D eigenvalue weighted by atomic mass is 35.5. The average molecular weight is 382 g/mol. The van der Waals surface area contributed by atoms with E-state index in [9.17, 15) is 0 Å². The number of nitrogens with one attached hydrogen (secondary N) is 1. The molecule has 4 rings (SSSR count). The van der Waals surface area contributed by atoms with Gasteiger partial charge in [0.25, 0.3) is 0 Å². The molecule has 3 aromatic rings. The lowest BCUT2D eigenvalue weighted by Crippen LogP contribution is -2.45. The van der Waals surface area contributed by atoms with Gasteiger partial charge in [0.15, 0.2) is 0 Å². The molecule has 3 heterocycles. The van der Waals surface area contributed by atoms with Crippen molar-refractivity contribution in [3.05, 3.63) is 77.3 Å². The van der Waals surface area contributed by atoms with Gasteiger partial charge in [-0.05, 0) is 55.8 Å². The second kappa shape index (κ2) is 8.70. The van der Waals surface area contributed by atoms with Gasteiger partial charge in [-0.15, -0.1) is 0 Å². The molecular weight excluding hydrogens is 358 g/mol. The van der Waals surface area contributed by atoms with Crippen molar-refractivity contribution in [3.8, 4) is 11.3 Å². The molecule has 140 valence electrons. The van der Waals surface area contributed by atoms with Gasteiger partial charge in [0.05, 0.1) is 17.3 Å². The quantitative estimate of drug-likeness (QED) is 0.669. The molecule has 2 aromatic heterocycles. The molecule has 1 aliphatic rings. The third-order valence-electron chi connectivity index (χ3n) is 4.98. The molecule has 1 aromatic carbocycles. The van der Waals surface area contributed by atoms with Crippen LogP contribution in [0.5, 0.6) is 0 Å². The molecule has 0 aliphatic carbocycles. The third-order valence-corrected chi connectivity index (χ3v) is 5.31. The van der Waals surface area contributed by atoms with Gasteiger partial charge in [-0.3, -0.25) is 9.88 Å². The Morgan fingerprint density at radius 1 is 1.11 bits per heavy atom. The zero-order valence-corrected chi connectivity index (χ0v) is 16.0. The van der Waals surface area contributed by atoms with E-state index in [1.54, 1.807) is 0 Å². The molecule has 27 heavy (non-hydrogen) atoms. The fourth-order valence-corrected chi connectivity index (χ4v) is 3.84. The maximum atomic E-state index is 6.26. The number of benzene rings is 1. The van der Waals surface area contributed by atoms with Crippen LogP contribution < -0.4 is 5.32 Å². The minimum atomic E-state index is 0.469. The van der Waals surface area contributed by atoms with Crippen LogP contribution >= 0.6 is 11.6 Å². The Morgan fingerprint density at radius 3 is 2.85 bits per heavy atom. The van der Waals surface area contributed by atoms with E-state index in [4.69, 9.17) is 16.0 Å². The van der Waals surface area contributed by atoms with Crippen molar-refractivity contribution >= 4 is 11.6 Å². The third kappa shape index (κ3) is 4.78. The van der Waals surface area contributed by atoms with Crippen molar-refractivity contribution in [2.45, 2.75) is 32.0 Å². The Morgan fingerprint density at radius 2 is 2.00 bits per heavy atom. The number of likely N-dealkylation sites (tertiary alicyclic amines) is 1. The zero-order valence-electron chi connectivity index (χ0n) is 15.3. The van der Waals surface area contributed by atoms with E-state index in [0.29, 0.717) is 11.1 Å². The number of pyridine rings is 1. The molecule has 1 fully saturated rings. The fraction of sp³-hybridized carbons (Fsp3) is 0.318. The van der Waals surface area contributed by atoms with Crippen LogP contribution in [0, 0.1) is 0 Å². The Balaban J connectivity index is 1.32. The number of rotatable bonds is 6. The van der Waals surface area contributed by atoms with Gasteiger partial charge >= 0.3 is 0 Å². The largest absolute Gasteiger partial charge is 0.460 e. The first-order chi connectivity index (χ1) is 13.3. The number of hydrogen-bond donors (Lipinski definition) is 1. The van der Waals surface area contributed by atoms with E-state index in [-0.39, 0.29) is 0 Å². The monoisotopic (exact) mass is 381 g/mol.